The molecule has 1 aromatic heterocycles. The number of nitrogens with zero attached hydrogens (tertiary/aromatic N) is 2. The van der Waals surface area contributed by atoms with Gasteiger partial charge in [-0.25, -0.2) is 4.98 Å². The molecule has 0 saturated heterocycles. The lowest BCUT2D eigenvalue weighted by Gasteiger charge is -2.08. The summed E-state index contributed by atoms with van der Waals surface area (Å²) < 4.78 is 10.9. The standard InChI is InChI=1S/C14H16N2O2/c1-4-13-15-10(2)8-14(16-13)18-12-7-5-6-11(9-12)17-3/h5-9H,4H2,1-3H3. The van der Waals surface area contributed by atoms with Gasteiger partial charge in [-0.05, 0) is 19.1 Å². The van der Waals surface area contributed by atoms with E-state index in [0.717, 1.165) is 23.7 Å². The van der Waals surface area contributed by atoms with Crippen molar-refractivity contribution in [2.45, 2.75) is 20.3 Å². The van der Waals surface area contributed by atoms with Gasteiger partial charge in [-0.2, -0.15) is 4.98 Å². The molecule has 0 unspecified atom stereocenters. The van der Waals surface area contributed by atoms with Crippen molar-refractivity contribution < 1.29 is 9.47 Å². The molecule has 0 saturated carbocycles. The van der Waals surface area contributed by atoms with Crippen molar-refractivity contribution in [2.24, 2.45) is 0 Å². The Morgan fingerprint density at radius 3 is 2.61 bits per heavy atom. The van der Waals surface area contributed by atoms with Gasteiger partial charge in [0.15, 0.2) is 0 Å². The lowest BCUT2D eigenvalue weighted by atomic mass is 10.3. The third-order valence-corrected chi connectivity index (χ3v) is 2.46. The highest BCUT2D eigenvalue weighted by Gasteiger charge is 2.04. The molecular weight excluding hydrogens is 228 g/mol. The van der Waals surface area contributed by atoms with Crippen LogP contribution in [0.3, 0.4) is 0 Å². The van der Waals surface area contributed by atoms with Gasteiger partial charge in [-0.1, -0.05) is 13.0 Å². The summed E-state index contributed by atoms with van der Waals surface area (Å²) in [6.07, 6.45) is 0.788. The Morgan fingerprint density at radius 2 is 1.89 bits per heavy atom. The van der Waals surface area contributed by atoms with Crippen molar-refractivity contribution in [1.29, 1.82) is 0 Å². The molecule has 18 heavy (non-hydrogen) atoms. The van der Waals surface area contributed by atoms with Crippen LogP contribution in [-0.4, -0.2) is 17.1 Å². The summed E-state index contributed by atoms with van der Waals surface area (Å²) in [5.41, 5.74) is 0.903. The van der Waals surface area contributed by atoms with Crippen molar-refractivity contribution in [3.05, 3.63) is 41.9 Å². The number of benzene rings is 1. The van der Waals surface area contributed by atoms with Gasteiger partial charge in [0.05, 0.1) is 7.11 Å². The average Bonchev–Trinajstić information content (AvgIpc) is 2.38. The van der Waals surface area contributed by atoms with Crippen LogP contribution in [0.15, 0.2) is 30.3 Å². The van der Waals surface area contributed by atoms with E-state index in [1.807, 2.05) is 44.2 Å². The summed E-state index contributed by atoms with van der Waals surface area (Å²) in [7, 11) is 1.63. The first-order valence-corrected chi connectivity index (χ1v) is 5.87. The molecule has 94 valence electrons. The highest BCUT2D eigenvalue weighted by molar-refractivity contribution is 5.35. The van der Waals surface area contributed by atoms with Gasteiger partial charge in [0.25, 0.3) is 0 Å². The van der Waals surface area contributed by atoms with Crippen LogP contribution in [0, 0.1) is 6.92 Å². The van der Waals surface area contributed by atoms with Gasteiger partial charge < -0.3 is 9.47 Å². The largest absolute Gasteiger partial charge is 0.497 e. The smallest absolute Gasteiger partial charge is 0.222 e. The number of methoxy groups -OCH3 is 1. The quantitative estimate of drug-likeness (QED) is 0.828. The van der Waals surface area contributed by atoms with Gasteiger partial charge in [0.1, 0.15) is 17.3 Å². The molecule has 1 heterocycles. The van der Waals surface area contributed by atoms with Gasteiger partial charge in [0.2, 0.25) is 5.88 Å². The molecule has 0 aliphatic rings. The second kappa shape index (κ2) is 5.49. The fourth-order valence-electron chi connectivity index (χ4n) is 1.59. The van der Waals surface area contributed by atoms with Crippen LogP contribution in [0.1, 0.15) is 18.4 Å². The number of rotatable bonds is 4. The molecule has 0 aliphatic heterocycles. The Bertz CT molecular complexity index is 541. The molecule has 0 radical (unpaired) electrons. The second-order valence-electron chi connectivity index (χ2n) is 3.90. The Balaban J connectivity index is 2.24. The normalized spacial score (nSPS) is 10.2. The predicted octanol–water partition coefficient (Wildman–Crippen LogP) is 3.15. The van der Waals surface area contributed by atoms with Crippen molar-refractivity contribution >= 4 is 0 Å². The number of ether oxygens (including phenoxy) is 2. The first-order valence-electron chi connectivity index (χ1n) is 5.87. The van der Waals surface area contributed by atoms with E-state index in [1.165, 1.54) is 0 Å². The lowest BCUT2D eigenvalue weighted by Crippen LogP contribution is -1.98. The maximum Gasteiger partial charge on any atom is 0.222 e. The van der Waals surface area contributed by atoms with Crippen LogP contribution in [0.2, 0.25) is 0 Å². The minimum absolute atomic E-state index is 0.563. The van der Waals surface area contributed by atoms with Gasteiger partial charge in [0, 0.05) is 24.2 Å². The summed E-state index contributed by atoms with van der Waals surface area (Å²) in [6, 6.07) is 9.26. The highest BCUT2D eigenvalue weighted by atomic mass is 16.5. The molecule has 1 aromatic carbocycles. The van der Waals surface area contributed by atoms with E-state index in [-0.39, 0.29) is 0 Å². The summed E-state index contributed by atoms with van der Waals surface area (Å²) >= 11 is 0. The Kier molecular flexibility index (Phi) is 3.77. The zero-order valence-corrected chi connectivity index (χ0v) is 10.8. The van der Waals surface area contributed by atoms with E-state index in [0.29, 0.717) is 11.6 Å². The maximum absolute atomic E-state index is 5.71. The minimum atomic E-state index is 0.563. The van der Waals surface area contributed by atoms with Crippen molar-refractivity contribution in [1.82, 2.24) is 9.97 Å². The molecule has 0 bridgehead atoms. The molecular formula is C14H16N2O2. The number of aromatic nitrogens is 2. The molecule has 0 spiro atoms. The van der Waals surface area contributed by atoms with E-state index in [1.54, 1.807) is 7.11 Å². The fraction of sp³-hybridized carbons (Fsp3) is 0.286. The van der Waals surface area contributed by atoms with E-state index >= 15 is 0 Å². The first-order chi connectivity index (χ1) is 8.71. The van der Waals surface area contributed by atoms with Gasteiger partial charge in [-0.15, -0.1) is 0 Å². The van der Waals surface area contributed by atoms with Crippen LogP contribution in [0.5, 0.6) is 17.4 Å². The minimum Gasteiger partial charge on any atom is -0.497 e. The zero-order chi connectivity index (χ0) is 13.0. The average molecular weight is 244 g/mol. The molecule has 0 fully saturated rings. The Hall–Kier alpha value is -2.10. The van der Waals surface area contributed by atoms with Crippen LogP contribution in [0.25, 0.3) is 0 Å². The van der Waals surface area contributed by atoms with Crippen LogP contribution >= 0.6 is 0 Å². The Labute approximate surface area is 107 Å². The molecule has 2 aromatic rings. The molecule has 0 atom stereocenters. The highest BCUT2D eigenvalue weighted by Crippen LogP contribution is 2.24. The van der Waals surface area contributed by atoms with Crippen LogP contribution < -0.4 is 9.47 Å². The second-order valence-corrected chi connectivity index (χ2v) is 3.90. The van der Waals surface area contributed by atoms with Gasteiger partial charge >= 0.3 is 0 Å². The first kappa shape index (κ1) is 12.4. The van der Waals surface area contributed by atoms with Gasteiger partial charge in [-0.3, -0.25) is 0 Å². The zero-order valence-electron chi connectivity index (χ0n) is 10.8. The van der Waals surface area contributed by atoms with Crippen LogP contribution in [0.4, 0.5) is 0 Å². The number of aryl methyl sites for hydroxylation is 2. The molecule has 0 N–H and O–H groups in total. The SMILES string of the molecule is CCc1nc(C)cc(Oc2cccc(OC)c2)n1. The maximum atomic E-state index is 5.71. The topological polar surface area (TPSA) is 44.2 Å². The molecule has 0 aliphatic carbocycles. The molecule has 4 nitrogen and oxygen atoms in total. The monoisotopic (exact) mass is 244 g/mol. The number of hydrogen-bond acceptors (Lipinski definition) is 4. The molecule has 0 amide bonds. The van der Waals surface area contributed by atoms with Crippen molar-refractivity contribution in [3.8, 4) is 17.4 Å². The number of hydrogen-bond donors (Lipinski definition) is 0. The Morgan fingerprint density at radius 1 is 1.11 bits per heavy atom. The third kappa shape index (κ3) is 2.97. The van der Waals surface area contributed by atoms with E-state index < -0.39 is 0 Å². The van der Waals surface area contributed by atoms with Crippen molar-refractivity contribution in [3.63, 3.8) is 0 Å². The van der Waals surface area contributed by atoms with E-state index in [4.69, 9.17) is 9.47 Å². The molecule has 2 rings (SSSR count). The fourth-order valence-corrected chi connectivity index (χ4v) is 1.59. The van der Waals surface area contributed by atoms with E-state index in [2.05, 4.69) is 9.97 Å². The lowest BCUT2D eigenvalue weighted by molar-refractivity contribution is 0.407. The summed E-state index contributed by atoms with van der Waals surface area (Å²) in [5.74, 6) is 2.81. The summed E-state index contributed by atoms with van der Waals surface area (Å²) in [6.45, 7) is 3.95. The molecule has 4 heteroatoms. The summed E-state index contributed by atoms with van der Waals surface area (Å²) in [4.78, 5) is 8.64. The third-order valence-electron chi connectivity index (χ3n) is 2.46. The predicted molar refractivity (Wildman–Crippen MR) is 69.2 cm³/mol. The summed E-state index contributed by atoms with van der Waals surface area (Å²) in [5, 5.41) is 0. The van der Waals surface area contributed by atoms with Crippen LogP contribution in [-0.2, 0) is 6.42 Å². The van der Waals surface area contributed by atoms with E-state index in [9.17, 15) is 0 Å². The van der Waals surface area contributed by atoms with Crippen molar-refractivity contribution in [2.75, 3.05) is 7.11 Å².